The monoisotopic (exact) mass is 213 g/mol. The fraction of sp³-hybridized carbons (Fsp3) is 0.909. The van der Waals surface area contributed by atoms with Gasteiger partial charge in [0.05, 0.1) is 0 Å². The molecule has 1 unspecified atom stereocenters. The Balaban J connectivity index is 2.33. The van der Waals surface area contributed by atoms with Crippen molar-refractivity contribution in [1.29, 1.82) is 0 Å². The summed E-state index contributed by atoms with van der Waals surface area (Å²) in [6.07, 6.45) is 0. The Kier molecular flexibility index (Phi) is 5.05. The fourth-order valence-corrected chi connectivity index (χ4v) is 1.89. The molecule has 1 heterocycles. The van der Waals surface area contributed by atoms with Crippen LogP contribution in [0.25, 0.3) is 0 Å². The summed E-state index contributed by atoms with van der Waals surface area (Å²) in [4.78, 5) is 16.0. The van der Waals surface area contributed by atoms with E-state index < -0.39 is 0 Å². The van der Waals surface area contributed by atoms with Gasteiger partial charge in [-0.15, -0.1) is 0 Å². The molecular formula is C11H23N3O. The van der Waals surface area contributed by atoms with Crippen molar-refractivity contribution in [3.8, 4) is 0 Å². The lowest BCUT2D eigenvalue weighted by molar-refractivity contribution is -0.134. The topological polar surface area (TPSA) is 35.6 Å². The molecule has 4 nitrogen and oxygen atoms in total. The summed E-state index contributed by atoms with van der Waals surface area (Å²) in [6.45, 7) is 9.94. The predicted octanol–water partition coefficient (Wildman–Crippen LogP) is 0.00600. The van der Waals surface area contributed by atoms with Gasteiger partial charge in [-0.25, -0.2) is 0 Å². The molecule has 1 amide bonds. The first kappa shape index (κ1) is 12.5. The molecule has 1 N–H and O–H groups in total. The van der Waals surface area contributed by atoms with Gasteiger partial charge in [0.1, 0.15) is 0 Å². The van der Waals surface area contributed by atoms with E-state index in [1.807, 2.05) is 20.9 Å². The maximum atomic E-state index is 11.8. The van der Waals surface area contributed by atoms with Crippen molar-refractivity contribution in [2.75, 3.05) is 46.3 Å². The molecule has 1 fully saturated rings. The molecule has 0 aromatic carbocycles. The average Bonchev–Trinajstić information content (AvgIpc) is 2.28. The van der Waals surface area contributed by atoms with Crippen molar-refractivity contribution >= 4 is 5.91 Å². The smallest absolute Gasteiger partial charge is 0.226 e. The minimum atomic E-state index is 0.119. The summed E-state index contributed by atoms with van der Waals surface area (Å²) in [6, 6.07) is 0. The van der Waals surface area contributed by atoms with E-state index >= 15 is 0 Å². The van der Waals surface area contributed by atoms with E-state index in [0.717, 1.165) is 39.3 Å². The van der Waals surface area contributed by atoms with E-state index in [4.69, 9.17) is 0 Å². The Bertz CT molecular complexity index is 202. The van der Waals surface area contributed by atoms with Crippen molar-refractivity contribution in [1.82, 2.24) is 15.1 Å². The van der Waals surface area contributed by atoms with Crippen LogP contribution in [0.1, 0.15) is 13.8 Å². The molecule has 0 bridgehead atoms. The molecule has 0 radical (unpaired) electrons. The lowest BCUT2D eigenvalue weighted by Gasteiger charge is -2.30. The summed E-state index contributed by atoms with van der Waals surface area (Å²) in [5.74, 6) is 0.379. The molecule has 88 valence electrons. The molecule has 1 saturated heterocycles. The number of nitrogens with one attached hydrogen (secondary N) is 1. The van der Waals surface area contributed by atoms with Gasteiger partial charge in [0.25, 0.3) is 0 Å². The maximum absolute atomic E-state index is 11.8. The maximum Gasteiger partial charge on any atom is 0.226 e. The van der Waals surface area contributed by atoms with Gasteiger partial charge in [-0.05, 0) is 6.92 Å². The molecule has 15 heavy (non-hydrogen) atoms. The summed E-state index contributed by atoms with van der Waals surface area (Å²) in [7, 11) is 1.87. The van der Waals surface area contributed by atoms with Crippen molar-refractivity contribution in [2.24, 2.45) is 5.92 Å². The van der Waals surface area contributed by atoms with Gasteiger partial charge in [0.2, 0.25) is 5.91 Å². The van der Waals surface area contributed by atoms with E-state index in [9.17, 15) is 4.79 Å². The number of carbonyl (C=O) groups excluding carboxylic acids is 1. The van der Waals surface area contributed by atoms with E-state index in [1.54, 1.807) is 4.90 Å². The first-order chi connectivity index (χ1) is 7.15. The second-order valence-electron chi connectivity index (χ2n) is 4.30. The van der Waals surface area contributed by atoms with Crippen LogP contribution in [0.15, 0.2) is 0 Å². The van der Waals surface area contributed by atoms with Crippen LogP contribution in [-0.2, 0) is 4.79 Å². The lowest BCUT2D eigenvalue weighted by atomic mass is 10.1. The summed E-state index contributed by atoms with van der Waals surface area (Å²) < 4.78 is 0. The molecule has 0 aromatic rings. The third-order valence-electron chi connectivity index (χ3n) is 3.01. The Morgan fingerprint density at radius 3 is 2.60 bits per heavy atom. The predicted molar refractivity (Wildman–Crippen MR) is 61.8 cm³/mol. The van der Waals surface area contributed by atoms with Crippen molar-refractivity contribution in [2.45, 2.75) is 13.8 Å². The van der Waals surface area contributed by atoms with E-state index in [-0.39, 0.29) is 11.8 Å². The first-order valence-electron chi connectivity index (χ1n) is 5.83. The van der Waals surface area contributed by atoms with Crippen LogP contribution in [0.3, 0.4) is 0 Å². The Morgan fingerprint density at radius 1 is 1.47 bits per heavy atom. The van der Waals surface area contributed by atoms with Gasteiger partial charge in [-0.1, -0.05) is 6.92 Å². The van der Waals surface area contributed by atoms with E-state index in [1.165, 1.54) is 0 Å². The molecule has 4 heteroatoms. The minimum absolute atomic E-state index is 0.119. The van der Waals surface area contributed by atoms with Gasteiger partial charge in [-0.2, -0.15) is 0 Å². The highest BCUT2D eigenvalue weighted by molar-refractivity contribution is 5.78. The van der Waals surface area contributed by atoms with Crippen molar-refractivity contribution < 1.29 is 4.79 Å². The average molecular weight is 213 g/mol. The molecule has 1 rings (SSSR count). The normalized spacial score (nSPS) is 19.9. The van der Waals surface area contributed by atoms with Crippen LogP contribution in [0.2, 0.25) is 0 Å². The van der Waals surface area contributed by atoms with Crippen LogP contribution in [0, 0.1) is 5.92 Å². The van der Waals surface area contributed by atoms with Crippen LogP contribution in [0.5, 0.6) is 0 Å². The number of amides is 1. The van der Waals surface area contributed by atoms with Gasteiger partial charge < -0.3 is 15.1 Å². The van der Waals surface area contributed by atoms with E-state index in [0.29, 0.717) is 0 Å². The Morgan fingerprint density at radius 2 is 2.07 bits per heavy atom. The highest BCUT2D eigenvalue weighted by Gasteiger charge is 2.20. The Labute approximate surface area is 92.6 Å². The fourth-order valence-electron chi connectivity index (χ4n) is 1.89. The summed E-state index contributed by atoms with van der Waals surface area (Å²) >= 11 is 0. The molecule has 0 aliphatic carbocycles. The first-order valence-corrected chi connectivity index (χ1v) is 5.83. The highest BCUT2D eigenvalue weighted by atomic mass is 16.2. The molecule has 1 aliphatic rings. The van der Waals surface area contributed by atoms with Crippen LogP contribution in [0.4, 0.5) is 0 Å². The zero-order valence-corrected chi connectivity index (χ0v) is 10.1. The molecule has 0 saturated carbocycles. The van der Waals surface area contributed by atoms with Gasteiger partial charge in [0, 0.05) is 52.2 Å². The van der Waals surface area contributed by atoms with Gasteiger partial charge >= 0.3 is 0 Å². The second kappa shape index (κ2) is 6.08. The lowest BCUT2D eigenvalue weighted by Crippen LogP contribution is -2.47. The molecule has 0 aromatic heterocycles. The number of rotatable bonds is 4. The second-order valence-corrected chi connectivity index (χ2v) is 4.30. The van der Waals surface area contributed by atoms with Crippen LogP contribution < -0.4 is 5.32 Å². The largest absolute Gasteiger partial charge is 0.346 e. The molecule has 0 spiro atoms. The quantitative estimate of drug-likeness (QED) is 0.714. The summed E-state index contributed by atoms with van der Waals surface area (Å²) in [5, 5.41) is 3.31. The third-order valence-corrected chi connectivity index (χ3v) is 3.01. The SMILES string of the molecule is CCN(C)C(=O)C(C)CN1CCNCC1. The van der Waals surface area contributed by atoms with Gasteiger partial charge in [-0.3, -0.25) is 4.79 Å². The third kappa shape index (κ3) is 3.80. The van der Waals surface area contributed by atoms with E-state index in [2.05, 4.69) is 10.2 Å². The Hall–Kier alpha value is -0.610. The van der Waals surface area contributed by atoms with Crippen molar-refractivity contribution in [3.05, 3.63) is 0 Å². The molecular weight excluding hydrogens is 190 g/mol. The minimum Gasteiger partial charge on any atom is -0.346 e. The number of carbonyl (C=O) groups is 1. The zero-order chi connectivity index (χ0) is 11.3. The standard InChI is InChI=1S/C11H23N3O/c1-4-13(3)11(15)10(2)9-14-7-5-12-6-8-14/h10,12H,4-9H2,1-3H3. The van der Waals surface area contributed by atoms with Crippen LogP contribution in [-0.4, -0.2) is 62.0 Å². The van der Waals surface area contributed by atoms with Gasteiger partial charge in [0.15, 0.2) is 0 Å². The highest BCUT2D eigenvalue weighted by Crippen LogP contribution is 2.05. The number of piperazine rings is 1. The van der Waals surface area contributed by atoms with Crippen LogP contribution >= 0.6 is 0 Å². The number of hydrogen-bond acceptors (Lipinski definition) is 3. The number of nitrogens with zero attached hydrogens (tertiary/aromatic N) is 2. The zero-order valence-electron chi connectivity index (χ0n) is 10.1. The molecule has 1 atom stereocenters. The van der Waals surface area contributed by atoms with Crippen molar-refractivity contribution in [3.63, 3.8) is 0 Å². The number of hydrogen-bond donors (Lipinski definition) is 1. The molecule has 1 aliphatic heterocycles. The summed E-state index contributed by atoms with van der Waals surface area (Å²) in [5.41, 5.74) is 0.